The van der Waals surface area contributed by atoms with Crippen molar-refractivity contribution in [3.63, 3.8) is 0 Å². The van der Waals surface area contributed by atoms with Gasteiger partial charge in [0.25, 0.3) is 17.7 Å². The van der Waals surface area contributed by atoms with Gasteiger partial charge in [-0.05, 0) is 109 Å². The molecule has 0 unspecified atom stereocenters. The van der Waals surface area contributed by atoms with Crippen molar-refractivity contribution in [3.8, 4) is 22.3 Å². The van der Waals surface area contributed by atoms with Gasteiger partial charge in [0.2, 0.25) is 5.91 Å². The van der Waals surface area contributed by atoms with Gasteiger partial charge in [-0.3, -0.25) is 43.3 Å². The molecule has 89 heavy (non-hydrogen) atoms. The molecule has 0 radical (unpaired) electrons. The number of nitrogens with zero attached hydrogens (tertiary/aromatic N) is 6. The van der Waals surface area contributed by atoms with Crippen molar-refractivity contribution in [3.05, 3.63) is 212 Å². The molecule has 0 bridgehead atoms. The second kappa shape index (κ2) is 25.6. The van der Waals surface area contributed by atoms with Crippen LogP contribution in [0.1, 0.15) is 108 Å². The number of aromatic nitrogens is 6. The minimum atomic E-state index is -5.05. The number of alkyl halides is 8. The molecular weight excluding hydrogens is 1200 g/mol. The summed E-state index contributed by atoms with van der Waals surface area (Å²) < 4.78 is 197. The number of rotatable bonds is 17. The standard InChI is InChI=1S/C31H24F6N4O3.C30H23F8N5O2/c32-19-9-16(10-20(33)13-19)8-18(28-23(2-1-7-39-28)17-3-5-26(34)24(12-17)30(38)44)11-22(43)15-41-27-6-4-21(42)14-25(27)29(40-41)31(35,36)37;31-17-8-15(9-18(32)12-17)10-23(26-19(2-1-7-40-26)16-3-4-22(33)20(11-16)28(39)45)41-25(44)14-43-24-5-6-29(34,35)13-21(24)27(42-43)30(36,37)38/h1-3,5,7,9-10,12-13,18H,4,6,8,11,14-15H2,(H2,38,44);1-4,7-9,11-12,23H,5-6,10,13-14H2,(H2,39,45)(H,41,44)/t18-;23-/m10/s1. The molecule has 5 N–H and O–H groups in total. The Morgan fingerprint density at radius 1 is 0.596 bits per heavy atom. The molecule has 2 aliphatic carbocycles. The number of carbonyl (C=O) groups excluding carboxylic acids is 5. The first-order chi connectivity index (χ1) is 41.9. The SMILES string of the molecule is NC(=O)c1cc(-c2cccnc2[C@@H](CC(=O)Cn2nc(C(F)(F)F)c3c2CCC(=O)C3)Cc2cc(F)cc(F)c2)ccc1F.NC(=O)c1cc(-c2cccnc2[C@H](Cc2cc(F)cc(F)c2)NC(=O)Cn2nc(C(F)(F)F)c3c2CCC(F)(F)C3)ccc1F. The summed E-state index contributed by atoms with van der Waals surface area (Å²) in [6.45, 7) is -1.35. The summed E-state index contributed by atoms with van der Waals surface area (Å²) in [7, 11) is 0. The minimum absolute atomic E-state index is 0.00627. The molecule has 8 aromatic rings. The zero-order chi connectivity index (χ0) is 64.4. The summed E-state index contributed by atoms with van der Waals surface area (Å²) in [5.74, 6) is -13.4. The van der Waals surface area contributed by atoms with Crippen LogP contribution in [-0.2, 0) is 78.4 Å². The van der Waals surface area contributed by atoms with E-state index in [0.29, 0.717) is 23.3 Å². The smallest absolute Gasteiger partial charge is 0.366 e. The molecule has 4 heterocycles. The number of carbonyl (C=O) groups is 5. The van der Waals surface area contributed by atoms with Crippen molar-refractivity contribution >= 4 is 29.3 Å². The number of pyridine rings is 2. The quantitative estimate of drug-likeness (QED) is 0.0739. The molecular formula is C61H47F14N9O5. The number of amides is 3. The molecule has 28 heteroatoms. The lowest BCUT2D eigenvalue weighted by Crippen LogP contribution is -2.35. The number of nitrogens with one attached hydrogen (secondary N) is 1. The molecule has 14 nitrogen and oxygen atoms in total. The highest BCUT2D eigenvalue weighted by molar-refractivity contribution is 5.95. The van der Waals surface area contributed by atoms with Gasteiger partial charge < -0.3 is 16.8 Å². The lowest BCUT2D eigenvalue weighted by Gasteiger charge is -2.24. The fourth-order valence-electron chi connectivity index (χ4n) is 10.9. The highest BCUT2D eigenvalue weighted by Crippen LogP contribution is 2.42. The van der Waals surface area contributed by atoms with E-state index in [1.165, 1.54) is 42.7 Å². The number of hydrogen-bond acceptors (Lipinski definition) is 9. The van der Waals surface area contributed by atoms with Crippen molar-refractivity contribution in [1.29, 1.82) is 0 Å². The van der Waals surface area contributed by atoms with Gasteiger partial charge in [0.15, 0.2) is 17.2 Å². The van der Waals surface area contributed by atoms with E-state index >= 15 is 0 Å². The predicted molar refractivity (Wildman–Crippen MR) is 288 cm³/mol. The zero-order valence-corrected chi connectivity index (χ0v) is 46.0. The summed E-state index contributed by atoms with van der Waals surface area (Å²) in [4.78, 5) is 71.0. The molecule has 0 saturated heterocycles. The third kappa shape index (κ3) is 15.0. The maximum Gasteiger partial charge on any atom is 0.435 e. The number of Topliss-reactive ketones (excluding diaryl/α,β-unsaturated/α-hetero) is 2. The van der Waals surface area contributed by atoms with E-state index in [-0.39, 0.29) is 94.0 Å². The molecule has 3 amide bonds. The maximum atomic E-state index is 14.2. The number of primary amides is 2. The van der Waals surface area contributed by atoms with Crippen molar-refractivity contribution in [2.75, 3.05) is 0 Å². The lowest BCUT2D eigenvalue weighted by molar-refractivity contribution is -0.143. The lowest BCUT2D eigenvalue weighted by atomic mass is 9.86. The molecule has 2 atom stereocenters. The van der Waals surface area contributed by atoms with Crippen LogP contribution in [0.4, 0.5) is 61.5 Å². The fraction of sp³-hybridized carbons (Fsp3) is 0.262. The first-order valence-electron chi connectivity index (χ1n) is 26.9. The van der Waals surface area contributed by atoms with E-state index in [4.69, 9.17) is 11.5 Å². The van der Waals surface area contributed by atoms with E-state index in [9.17, 15) is 85.4 Å². The molecule has 0 fully saturated rings. The second-order valence-corrected chi connectivity index (χ2v) is 21.1. The maximum absolute atomic E-state index is 14.2. The molecule has 0 aliphatic heterocycles. The summed E-state index contributed by atoms with van der Waals surface area (Å²) in [5.41, 5.74) is 7.91. The van der Waals surface area contributed by atoms with Gasteiger partial charge in [0.1, 0.15) is 47.2 Å². The van der Waals surface area contributed by atoms with Crippen LogP contribution in [0.3, 0.4) is 0 Å². The average Bonchev–Trinajstić information content (AvgIpc) is 1.74. The zero-order valence-electron chi connectivity index (χ0n) is 46.0. The molecule has 4 aromatic carbocycles. The Kier molecular flexibility index (Phi) is 18.4. The Morgan fingerprint density at radius 3 is 1.61 bits per heavy atom. The Morgan fingerprint density at radius 2 is 1.08 bits per heavy atom. The molecule has 10 rings (SSSR count). The number of nitrogens with two attached hydrogens (primary N) is 2. The third-order valence-corrected chi connectivity index (χ3v) is 14.7. The summed E-state index contributed by atoms with van der Waals surface area (Å²) in [5, 5.41) is 9.70. The van der Waals surface area contributed by atoms with E-state index < -0.39 is 150 Å². The van der Waals surface area contributed by atoms with Crippen molar-refractivity contribution in [2.45, 2.75) is 101 Å². The molecule has 464 valence electrons. The third-order valence-electron chi connectivity index (χ3n) is 14.7. The van der Waals surface area contributed by atoms with E-state index in [0.717, 1.165) is 51.8 Å². The van der Waals surface area contributed by atoms with Gasteiger partial charge in [-0.2, -0.15) is 36.5 Å². The number of hydrogen-bond donors (Lipinski definition) is 3. The van der Waals surface area contributed by atoms with Crippen LogP contribution in [0.5, 0.6) is 0 Å². The van der Waals surface area contributed by atoms with Crippen LogP contribution in [-0.4, -0.2) is 64.7 Å². The Hall–Kier alpha value is -9.63. The molecule has 0 saturated carbocycles. The highest BCUT2D eigenvalue weighted by Gasteiger charge is 2.46. The van der Waals surface area contributed by atoms with Gasteiger partial charge in [0, 0.05) is 96.2 Å². The van der Waals surface area contributed by atoms with Crippen LogP contribution in [0, 0.1) is 34.9 Å². The molecule has 2 aliphatic rings. The van der Waals surface area contributed by atoms with Crippen LogP contribution in [0.15, 0.2) is 109 Å². The van der Waals surface area contributed by atoms with Gasteiger partial charge >= 0.3 is 12.4 Å². The van der Waals surface area contributed by atoms with Crippen molar-refractivity contribution in [1.82, 2.24) is 34.8 Å². The van der Waals surface area contributed by atoms with Crippen molar-refractivity contribution < 1.29 is 85.4 Å². The summed E-state index contributed by atoms with van der Waals surface area (Å²) >= 11 is 0. The minimum Gasteiger partial charge on any atom is -0.366 e. The molecule has 0 spiro atoms. The first kappa shape index (κ1) is 63.9. The largest absolute Gasteiger partial charge is 0.435 e. The normalized spacial score (nSPS) is 14.4. The van der Waals surface area contributed by atoms with Gasteiger partial charge in [-0.25, -0.2) is 35.1 Å². The van der Waals surface area contributed by atoms with Crippen LogP contribution >= 0.6 is 0 Å². The Bertz CT molecular complexity index is 4050. The highest BCUT2D eigenvalue weighted by atomic mass is 19.4. The number of benzene rings is 4. The van der Waals surface area contributed by atoms with Crippen LogP contribution in [0.2, 0.25) is 0 Å². The summed E-state index contributed by atoms with van der Waals surface area (Å²) in [6, 6.07) is 17.6. The van der Waals surface area contributed by atoms with E-state index in [2.05, 4.69) is 25.5 Å². The van der Waals surface area contributed by atoms with Crippen molar-refractivity contribution in [2.24, 2.45) is 11.5 Å². The van der Waals surface area contributed by atoms with E-state index in [1.807, 2.05) is 0 Å². The number of fused-ring (bicyclic) bond motifs is 2. The molecule has 4 aromatic heterocycles. The van der Waals surface area contributed by atoms with Gasteiger partial charge in [-0.15, -0.1) is 0 Å². The fourth-order valence-corrected chi connectivity index (χ4v) is 10.9. The Labute approximate surface area is 494 Å². The first-order valence-corrected chi connectivity index (χ1v) is 26.9. The Balaban J connectivity index is 0.000000211. The predicted octanol–water partition coefficient (Wildman–Crippen LogP) is 11.2. The average molecular weight is 1250 g/mol. The van der Waals surface area contributed by atoms with Gasteiger partial charge in [-0.1, -0.05) is 24.3 Å². The topological polar surface area (TPSA) is 211 Å². The van der Waals surface area contributed by atoms with Gasteiger partial charge in [0.05, 0.1) is 35.1 Å². The van der Waals surface area contributed by atoms with E-state index in [1.54, 1.807) is 12.1 Å². The number of ketones is 2. The monoisotopic (exact) mass is 1250 g/mol. The second-order valence-electron chi connectivity index (χ2n) is 21.1. The van der Waals surface area contributed by atoms with Crippen LogP contribution < -0.4 is 16.8 Å². The number of halogens is 14. The summed E-state index contributed by atoms with van der Waals surface area (Å²) in [6.07, 6.45) is -10.6. The van der Waals surface area contributed by atoms with Crippen LogP contribution in [0.25, 0.3) is 22.3 Å².